The minimum Gasteiger partial charge on any atom is -0.480 e. The SMILES string of the molecule is NCCC[C@H](NC(=O)C(F)(F)F)C(=O)O. The molecule has 0 rings (SSSR count). The van der Waals surface area contributed by atoms with E-state index in [4.69, 9.17) is 10.8 Å². The maximum atomic E-state index is 11.8. The van der Waals surface area contributed by atoms with Gasteiger partial charge in [-0.05, 0) is 19.4 Å². The molecular formula is C7H11F3N2O3. The van der Waals surface area contributed by atoms with Crippen LogP contribution in [0.5, 0.6) is 0 Å². The lowest BCUT2D eigenvalue weighted by atomic mass is 10.1. The molecule has 0 unspecified atom stereocenters. The van der Waals surface area contributed by atoms with Crippen molar-refractivity contribution in [1.82, 2.24) is 5.32 Å². The molecule has 0 aliphatic carbocycles. The molecule has 0 aliphatic rings. The van der Waals surface area contributed by atoms with Gasteiger partial charge in [-0.2, -0.15) is 13.2 Å². The number of amides is 1. The summed E-state index contributed by atoms with van der Waals surface area (Å²) in [6.07, 6.45) is -4.99. The Bertz CT molecular complexity index is 242. The van der Waals surface area contributed by atoms with Gasteiger partial charge >= 0.3 is 18.1 Å². The Morgan fingerprint density at radius 3 is 2.27 bits per heavy atom. The summed E-state index contributed by atoms with van der Waals surface area (Å²) >= 11 is 0. The van der Waals surface area contributed by atoms with Gasteiger partial charge in [-0.1, -0.05) is 0 Å². The fourth-order valence-electron chi connectivity index (χ4n) is 0.819. The number of carbonyl (C=O) groups excluding carboxylic acids is 1. The van der Waals surface area contributed by atoms with Gasteiger partial charge in [-0.15, -0.1) is 0 Å². The van der Waals surface area contributed by atoms with Gasteiger partial charge in [0.1, 0.15) is 6.04 Å². The van der Waals surface area contributed by atoms with Crippen molar-refractivity contribution in [2.75, 3.05) is 6.54 Å². The second-order valence-electron chi connectivity index (χ2n) is 2.79. The number of carboxylic acids is 1. The van der Waals surface area contributed by atoms with Gasteiger partial charge in [0.25, 0.3) is 0 Å². The molecule has 15 heavy (non-hydrogen) atoms. The summed E-state index contributed by atoms with van der Waals surface area (Å²) in [6.45, 7) is 0.145. The monoisotopic (exact) mass is 228 g/mol. The minimum absolute atomic E-state index is 0.131. The van der Waals surface area contributed by atoms with Crippen LogP contribution in [0, 0.1) is 0 Å². The molecule has 0 bridgehead atoms. The molecule has 1 atom stereocenters. The molecule has 0 fully saturated rings. The molecule has 0 aliphatic heterocycles. The highest BCUT2D eigenvalue weighted by atomic mass is 19.4. The lowest BCUT2D eigenvalue weighted by Crippen LogP contribution is -2.46. The maximum absolute atomic E-state index is 11.8. The Kier molecular flexibility index (Phi) is 5.06. The summed E-state index contributed by atoms with van der Waals surface area (Å²) in [5.41, 5.74) is 5.07. The Balaban J connectivity index is 4.29. The van der Waals surface area contributed by atoms with Crippen LogP contribution in [0.1, 0.15) is 12.8 Å². The number of rotatable bonds is 5. The van der Waals surface area contributed by atoms with Crippen LogP contribution in [-0.2, 0) is 9.59 Å². The highest BCUT2D eigenvalue weighted by molar-refractivity contribution is 5.86. The average Bonchev–Trinajstić information content (AvgIpc) is 2.09. The molecule has 0 spiro atoms. The summed E-state index contributed by atoms with van der Waals surface area (Å²) in [4.78, 5) is 20.9. The first-order valence-corrected chi connectivity index (χ1v) is 4.09. The van der Waals surface area contributed by atoms with Crippen molar-refractivity contribution < 1.29 is 27.9 Å². The van der Waals surface area contributed by atoms with E-state index in [9.17, 15) is 22.8 Å². The lowest BCUT2D eigenvalue weighted by molar-refractivity contribution is -0.175. The van der Waals surface area contributed by atoms with Crippen molar-refractivity contribution in [3.63, 3.8) is 0 Å². The van der Waals surface area contributed by atoms with Crippen LogP contribution in [-0.4, -0.2) is 35.7 Å². The van der Waals surface area contributed by atoms with Crippen LogP contribution in [0.3, 0.4) is 0 Å². The van der Waals surface area contributed by atoms with Gasteiger partial charge in [-0.3, -0.25) is 4.79 Å². The van der Waals surface area contributed by atoms with Crippen LogP contribution in [0.2, 0.25) is 0 Å². The van der Waals surface area contributed by atoms with E-state index in [0.717, 1.165) is 0 Å². The maximum Gasteiger partial charge on any atom is 0.471 e. The molecule has 0 aromatic heterocycles. The van der Waals surface area contributed by atoms with Gasteiger partial charge in [0, 0.05) is 0 Å². The first-order valence-electron chi connectivity index (χ1n) is 4.09. The third kappa shape index (κ3) is 5.21. The average molecular weight is 228 g/mol. The molecule has 0 heterocycles. The van der Waals surface area contributed by atoms with E-state index >= 15 is 0 Å². The van der Waals surface area contributed by atoms with Crippen molar-refractivity contribution in [3.05, 3.63) is 0 Å². The van der Waals surface area contributed by atoms with Gasteiger partial charge in [0.2, 0.25) is 0 Å². The van der Waals surface area contributed by atoms with Gasteiger partial charge < -0.3 is 16.2 Å². The predicted octanol–water partition coefficient (Wildman–Crippen LogP) is -0.143. The zero-order chi connectivity index (χ0) is 12.1. The number of hydrogen-bond donors (Lipinski definition) is 3. The highest BCUT2D eigenvalue weighted by Gasteiger charge is 2.40. The molecule has 0 saturated heterocycles. The Morgan fingerprint density at radius 1 is 1.40 bits per heavy atom. The van der Waals surface area contributed by atoms with Crippen LogP contribution in [0.15, 0.2) is 0 Å². The van der Waals surface area contributed by atoms with Crippen molar-refractivity contribution in [1.29, 1.82) is 0 Å². The number of aliphatic carboxylic acids is 1. The number of nitrogens with one attached hydrogen (secondary N) is 1. The van der Waals surface area contributed by atoms with E-state index < -0.39 is 24.1 Å². The van der Waals surface area contributed by atoms with E-state index in [1.54, 1.807) is 0 Å². The third-order valence-electron chi connectivity index (χ3n) is 1.56. The fourth-order valence-corrected chi connectivity index (χ4v) is 0.819. The van der Waals surface area contributed by atoms with E-state index in [1.165, 1.54) is 5.32 Å². The fraction of sp³-hybridized carbons (Fsp3) is 0.714. The zero-order valence-electron chi connectivity index (χ0n) is 7.67. The topological polar surface area (TPSA) is 92.4 Å². The van der Waals surface area contributed by atoms with E-state index in [-0.39, 0.29) is 19.4 Å². The van der Waals surface area contributed by atoms with E-state index in [2.05, 4.69) is 0 Å². The quantitative estimate of drug-likeness (QED) is 0.610. The number of hydrogen-bond acceptors (Lipinski definition) is 3. The summed E-state index contributed by atoms with van der Waals surface area (Å²) in [7, 11) is 0. The molecule has 5 nitrogen and oxygen atoms in total. The van der Waals surface area contributed by atoms with Crippen molar-refractivity contribution in [2.24, 2.45) is 5.73 Å². The van der Waals surface area contributed by atoms with Crippen LogP contribution < -0.4 is 11.1 Å². The van der Waals surface area contributed by atoms with Crippen LogP contribution in [0.4, 0.5) is 13.2 Å². The number of carboxylic acid groups (broad SMARTS) is 1. The van der Waals surface area contributed by atoms with E-state index in [1.807, 2.05) is 0 Å². The highest BCUT2D eigenvalue weighted by Crippen LogP contribution is 2.15. The Labute approximate surface area is 83.4 Å². The largest absolute Gasteiger partial charge is 0.480 e. The molecule has 88 valence electrons. The minimum atomic E-state index is -5.07. The zero-order valence-corrected chi connectivity index (χ0v) is 7.67. The smallest absolute Gasteiger partial charge is 0.471 e. The molecule has 0 aromatic carbocycles. The second-order valence-corrected chi connectivity index (χ2v) is 2.79. The number of nitrogens with two attached hydrogens (primary N) is 1. The molecule has 4 N–H and O–H groups in total. The molecule has 8 heteroatoms. The second kappa shape index (κ2) is 5.54. The lowest BCUT2D eigenvalue weighted by Gasteiger charge is -2.14. The normalized spacial score (nSPS) is 13.3. The van der Waals surface area contributed by atoms with E-state index in [0.29, 0.717) is 0 Å². The molecule has 0 radical (unpaired) electrons. The molecule has 0 aromatic rings. The van der Waals surface area contributed by atoms with Gasteiger partial charge in [0.05, 0.1) is 0 Å². The standard InChI is InChI=1S/C7H11F3N2O3/c8-7(9,10)6(15)12-4(5(13)14)2-1-3-11/h4H,1-3,11H2,(H,12,15)(H,13,14)/t4-/m0/s1. The van der Waals surface area contributed by atoms with Crippen LogP contribution >= 0.6 is 0 Å². The Morgan fingerprint density at radius 2 is 1.93 bits per heavy atom. The van der Waals surface area contributed by atoms with Gasteiger partial charge in [-0.25, -0.2) is 4.79 Å². The first-order chi connectivity index (χ1) is 6.79. The Hall–Kier alpha value is -1.31. The van der Waals surface area contributed by atoms with Crippen molar-refractivity contribution in [2.45, 2.75) is 25.1 Å². The summed E-state index contributed by atoms with van der Waals surface area (Å²) < 4.78 is 35.3. The summed E-state index contributed by atoms with van der Waals surface area (Å²) in [6, 6.07) is -1.55. The summed E-state index contributed by atoms with van der Waals surface area (Å²) in [5, 5.41) is 9.86. The van der Waals surface area contributed by atoms with Crippen molar-refractivity contribution >= 4 is 11.9 Å². The molecule has 1 amide bonds. The predicted molar refractivity (Wildman–Crippen MR) is 43.9 cm³/mol. The first kappa shape index (κ1) is 13.7. The van der Waals surface area contributed by atoms with Crippen molar-refractivity contribution in [3.8, 4) is 0 Å². The van der Waals surface area contributed by atoms with Gasteiger partial charge in [0.15, 0.2) is 0 Å². The molecular weight excluding hydrogens is 217 g/mol. The number of carbonyl (C=O) groups is 2. The molecule has 0 saturated carbocycles. The van der Waals surface area contributed by atoms with Crippen LogP contribution in [0.25, 0.3) is 0 Å². The number of alkyl halides is 3. The third-order valence-corrected chi connectivity index (χ3v) is 1.56. The number of halogens is 3. The summed E-state index contributed by atoms with van der Waals surface area (Å²) in [5.74, 6) is -3.77.